The van der Waals surface area contributed by atoms with Crippen molar-refractivity contribution in [2.45, 2.75) is 38.3 Å². The Balaban J connectivity index is 2.15. The van der Waals surface area contributed by atoms with Crippen LogP contribution in [-0.2, 0) is 17.8 Å². The fourth-order valence-electron chi connectivity index (χ4n) is 2.12. The standard InChI is InChI=1S/C11H20N4O/c1-12-8-10-11(9-4-3-5-9)15(14-13-10)6-7-16-2/h9,12H,3-8H2,1-2H3. The van der Waals surface area contributed by atoms with Gasteiger partial charge in [-0.05, 0) is 19.9 Å². The van der Waals surface area contributed by atoms with Gasteiger partial charge in [0.1, 0.15) is 0 Å². The van der Waals surface area contributed by atoms with Crippen molar-refractivity contribution in [2.24, 2.45) is 0 Å². The van der Waals surface area contributed by atoms with E-state index < -0.39 is 0 Å². The van der Waals surface area contributed by atoms with Gasteiger partial charge in [0.05, 0.1) is 24.5 Å². The highest BCUT2D eigenvalue weighted by Crippen LogP contribution is 2.37. The van der Waals surface area contributed by atoms with Gasteiger partial charge in [0.25, 0.3) is 0 Å². The van der Waals surface area contributed by atoms with Crippen molar-refractivity contribution >= 4 is 0 Å². The summed E-state index contributed by atoms with van der Waals surface area (Å²) in [6.45, 7) is 2.31. The second-order valence-electron chi connectivity index (χ2n) is 4.30. The first-order chi connectivity index (χ1) is 7.86. The van der Waals surface area contributed by atoms with Crippen molar-refractivity contribution in [3.05, 3.63) is 11.4 Å². The first kappa shape index (κ1) is 11.5. The molecule has 1 aromatic heterocycles. The maximum atomic E-state index is 5.10. The van der Waals surface area contributed by atoms with Gasteiger partial charge < -0.3 is 10.1 Å². The van der Waals surface area contributed by atoms with E-state index in [1.165, 1.54) is 25.0 Å². The molecule has 1 aromatic rings. The first-order valence-corrected chi connectivity index (χ1v) is 5.92. The second kappa shape index (κ2) is 5.41. The van der Waals surface area contributed by atoms with Crippen LogP contribution in [0.1, 0.15) is 36.6 Å². The fourth-order valence-corrected chi connectivity index (χ4v) is 2.12. The van der Waals surface area contributed by atoms with Crippen LogP contribution in [0, 0.1) is 0 Å². The van der Waals surface area contributed by atoms with E-state index in [9.17, 15) is 0 Å². The Hall–Kier alpha value is -0.940. The lowest BCUT2D eigenvalue weighted by Gasteiger charge is -2.26. The summed E-state index contributed by atoms with van der Waals surface area (Å²) >= 11 is 0. The average Bonchev–Trinajstić information content (AvgIpc) is 2.58. The van der Waals surface area contributed by atoms with Crippen molar-refractivity contribution in [3.63, 3.8) is 0 Å². The van der Waals surface area contributed by atoms with Gasteiger partial charge in [-0.1, -0.05) is 11.6 Å². The number of rotatable bonds is 6. The molecule has 1 saturated carbocycles. The molecule has 1 aliphatic rings. The summed E-state index contributed by atoms with van der Waals surface area (Å²) in [6.07, 6.45) is 3.88. The molecule has 5 nitrogen and oxygen atoms in total. The molecule has 0 spiro atoms. The molecule has 5 heteroatoms. The average molecular weight is 224 g/mol. The van der Waals surface area contributed by atoms with E-state index in [2.05, 4.69) is 15.6 Å². The minimum atomic E-state index is 0.662. The Morgan fingerprint density at radius 1 is 1.50 bits per heavy atom. The number of methoxy groups -OCH3 is 1. The molecule has 1 heterocycles. The topological polar surface area (TPSA) is 52.0 Å². The quantitative estimate of drug-likeness (QED) is 0.780. The largest absolute Gasteiger partial charge is 0.383 e. The van der Waals surface area contributed by atoms with Crippen molar-refractivity contribution in [1.29, 1.82) is 0 Å². The smallest absolute Gasteiger partial charge is 0.0999 e. The zero-order chi connectivity index (χ0) is 11.4. The molecule has 0 saturated heterocycles. The molecule has 0 bridgehead atoms. The SMILES string of the molecule is CNCc1nnn(CCOC)c1C1CCC1. The van der Waals surface area contributed by atoms with Gasteiger partial charge in [-0.15, -0.1) is 5.10 Å². The molecular formula is C11H20N4O. The van der Waals surface area contributed by atoms with Gasteiger partial charge in [-0.2, -0.15) is 0 Å². The van der Waals surface area contributed by atoms with Crippen LogP contribution < -0.4 is 5.32 Å². The van der Waals surface area contributed by atoms with Gasteiger partial charge >= 0.3 is 0 Å². The monoisotopic (exact) mass is 224 g/mol. The van der Waals surface area contributed by atoms with Crippen LogP contribution in [0.2, 0.25) is 0 Å². The number of nitrogens with one attached hydrogen (secondary N) is 1. The number of nitrogens with zero attached hydrogens (tertiary/aromatic N) is 3. The number of aromatic nitrogens is 3. The van der Waals surface area contributed by atoms with Crippen molar-refractivity contribution in [1.82, 2.24) is 20.3 Å². The predicted molar refractivity (Wildman–Crippen MR) is 61.3 cm³/mol. The summed E-state index contributed by atoms with van der Waals surface area (Å²) in [5, 5.41) is 11.6. The first-order valence-electron chi connectivity index (χ1n) is 5.92. The van der Waals surface area contributed by atoms with E-state index in [4.69, 9.17) is 4.74 Å². The molecule has 0 amide bonds. The van der Waals surface area contributed by atoms with Crippen LogP contribution in [-0.4, -0.2) is 35.8 Å². The normalized spacial score (nSPS) is 16.4. The number of ether oxygens (including phenoxy) is 1. The lowest BCUT2D eigenvalue weighted by molar-refractivity contribution is 0.180. The van der Waals surface area contributed by atoms with Crippen LogP contribution in [0.5, 0.6) is 0 Å². The molecule has 0 atom stereocenters. The number of hydrogen-bond donors (Lipinski definition) is 1. The molecule has 1 fully saturated rings. The minimum absolute atomic E-state index is 0.662. The Kier molecular flexibility index (Phi) is 3.90. The molecule has 90 valence electrons. The zero-order valence-electron chi connectivity index (χ0n) is 10.1. The predicted octanol–water partition coefficient (Wildman–Crippen LogP) is 0.911. The van der Waals surface area contributed by atoms with Crippen LogP contribution in [0.25, 0.3) is 0 Å². The third-order valence-electron chi connectivity index (χ3n) is 3.19. The molecule has 2 rings (SSSR count). The summed E-state index contributed by atoms with van der Waals surface area (Å²) in [5.74, 6) is 0.662. The van der Waals surface area contributed by atoms with E-state index in [1.54, 1.807) is 7.11 Å². The molecule has 0 radical (unpaired) electrons. The molecule has 0 aliphatic heterocycles. The van der Waals surface area contributed by atoms with Crippen molar-refractivity contribution in [3.8, 4) is 0 Å². The third-order valence-corrected chi connectivity index (χ3v) is 3.19. The van der Waals surface area contributed by atoms with E-state index in [0.717, 1.165) is 18.8 Å². The molecule has 0 aromatic carbocycles. The highest BCUT2D eigenvalue weighted by molar-refractivity contribution is 5.18. The Morgan fingerprint density at radius 2 is 2.31 bits per heavy atom. The summed E-state index contributed by atoms with van der Waals surface area (Å²) in [4.78, 5) is 0. The number of hydrogen-bond acceptors (Lipinski definition) is 4. The minimum Gasteiger partial charge on any atom is -0.383 e. The highest BCUT2D eigenvalue weighted by atomic mass is 16.5. The van der Waals surface area contributed by atoms with E-state index in [-0.39, 0.29) is 0 Å². The van der Waals surface area contributed by atoms with Crippen LogP contribution in [0.15, 0.2) is 0 Å². The van der Waals surface area contributed by atoms with Gasteiger partial charge in [0.2, 0.25) is 0 Å². The highest BCUT2D eigenvalue weighted by Gasteiger charge is 2.27. The molecule has 1 N–H and O–H groups in total. The van der Waals surface area contributed by atoms with Crippen LogP contribution >= 0.6 is 0 Å². The van der Waals surface area contributed by atoms with Crippen molar-refractivity contribution in [2.75, 3.05) is 20.8 Å². The molecule has 0 unspecified atom stereocenters. The van der Waals surface area contributed by atoms with E-state index in [0.29, 0.717) is 12.5 Å². The Labute approximate surface area is 96.2 Å². The maximum Gasteiger partial charge on any atom is 0.0999 e. The molecule has 1 aliphatic carbocycles. The van der Waals surface area contributed by atoms with E-state index in [1.807, 2.05) is 11.7 Å². The lowest BCUT2D eigenvalue weighted by atomic mass is 9.82. The lowest BCUT2D eigenvalue weighted by Crippen LogP contribution is -2.19. The Bertz CT molecular complexity index is 333. The summed E-state index contributed by atoms with van der Waals surface area (Å²) in [6, 6.07) is 0. The van der Waals surface area contributed by atoms with Crippen molar-refractivity contribution < 1.29 is 4.74 Å². The summed E-state index contributed by atoms with van der Waals surface area (Å²) < 4.78 is 7.11. The van der Waals surface area contributed by atoms with Gasteiger partial charge in [0, 0.05) is 19.6 Å². The van der Waals surface area contributed by atoms with Crippen LogP contribution in [0.3, 0.4) is 0 Å². The summed E-state index contributed by atoms with van der Waals surface area (Å²) in [5.41, 5.74) is 2.42. The third kappa shape index (κ3) is 2.25. The molecular weight excluding hydrogens is 204 g/mol. The van der Waals surface area contributed by atoms with Crippen LogP contribution in [0.4, 0.5) is 0 Å². The maximum absolute atomic E-state index is 5.10. The second-order valence-corrected chi connectivity index (χ2v) is 4.30. The Morgan fingerprint density at radius 3 is 2.88 bits per heavy atom. The fraction of sp³-hybridized carbons (Fsp3) is 0.818. The van der Waals surface area contributed by atoms with Gasteiger partial charge in [-0.3, -0.25) is 0 Å². The zero-order valence-corrected chi connectivity index (χ0v) is 10.1. The van der Waals surface area contributed by atoms with E-state index >= 15 is 0 Å². The van der Waals surface area contributed by atoms with Gasteiger partial charge in [0.15, 0.2) is 0 Å². The molecule has 16 heavy (non-hydrogen) atoms. The summed E-state index contributed by atoms with van der Waals surface area (Å²) in [7, 11) is 3.66. The van der Waals surface area contributed by atoms with Gasteiger partial charge in [-0.25, -0.2) is 4.68 Å².